The molecule has 7 heteroatoms. The van der Waals surface area contributed by atoms with Crippen molar-refractivity contribution in [2.75, 3.05) is 0 Å². The normalized spacial score (nSPS) is 11.7. The lowest BCUT2D eigenvalue weighted by Crippen LogP contribution is -2.08. The molecule has 0 spiro atoms. The molecule has 0 bridgehead atoms. The maximum absolute atomic E-state index is 11.9. The predicted octanol–water partition coefficient (Wildman–Crippen LogP) is 1.39. The summed E-state index contributed by atoms with van der Waals surface area (Å²) in [5.41, 5.74) is 0.0628. The van der Waals surface area contributed by atoms with E-state index < -0.39 is 22.2 Å². The molecule has 0 atom stereocenters. The van der Waals surface area contributed by atoms with Gasteiger partial charge >= 0.3 is 6.61 Å². The van der Waals surface area contributed by atoms with Gasteiger partial charge < -0.3 is 4.74 Å². The molecule has 0 N–H and O–H groups in total. The first kappa shape index (κ1) is 11.8. The Hall–Kier alpha value is -1.24. The lowest BCUT2D eigenvalue weighted by Gasteiger charge is -2.07. The lowest BCUT2D eigenvalue weighted by atomic mass is 10.3. The van der Waals surface area contributed by atoms with E-state index in [9.17, 15) is 17.2 Å². The summed E-state index contributed by atoms with van der Waals surface area (Å²) in [5, 5.41) is 0. The number of ether oxygens (including phenoxy) is 1. The van der Waals surface area contributed by atoms with Crippen LogP contribution in [0.2, 0.25) is 0 Å². The molecule has 0 aliphatic carbocycles. The Labute approximate surface area is 85.8 Å². The van der Waals surface area contributed by atoms with Gasteiger partial charge in [0.05, 0.1) is 12.0 Å². The van der Waals surface area contributed by atoms with E-state index in [1.807, 2.05) is 0 Å². The second-order valence-electron chi connectivity index (χ2n) is 2.73. The summed E-state index contributed by atoms with van der Waals surface area (Å²) in [7, 11) is -3.55. The Bertz CT molecular complexity index is 433. The monoisotopic (exact) mass is 236 g/mol. The Balaban J connectivity index is 2.96. The van der Waals surface area contributed by atoms with Crippen LogP contribution in [-0.4, -0.2) is 20.0 Å². The van der Waals surface area contributed by atoms with Gasteiger partial charge in [-0.3, -0.25) is 0 Å². The van der Waals surface area contributed by atoms with E-state index in [1.165, 1.54) is 18.3 Å². The number of sulfone groups is 1. The van der Waals surface area contributed by atoms with Crippen LogP contribution in [0.5, 0.6) is 5.88 Å². The van der Waals surface area contributed by atoms with E-state index in [-0.39, 0.29) is 11.4 Å². The maximum atomic E-state index is 11.9. The molecule has 0 aliphatic heterocycles. The average Bonchev–Trinajstić information content (AvgIpc) is 2.05. The SMILES string of the molecule is [CH2]S(=O)(=O)Cc1cccnc1OC(F)F. The molecule has 1 radical (unpaired) electrons. The largest absolute Gasteiger partial charge is 0.417 e. The van der Waals surface area contributed by atoms with Crippen molar-refractivity contribution in [3.63, 3.8) is 0 Å². The van der Waals surface area contributed by atoms with Crippen molar-refractivity contribution < 1.29 is 21.9 Å². The zero-order chi connectivity index (χ0) is 11.5. The van der Waals surface area contributed by atoms with Crippen molar-refractivity contribution in [1.29, 1.82) is 0 Å². The number of aromatic nitrogens is 1. The fourth-order valence-electron chi connectivity index (χ4n) is 0.961. The van der Waals surface area contributed by atoms with E-state index in [2.05, 4.69) is 16.0 Å². The smallest absolute Gasteiger partial charge is 0.388 e. The fraction of sp³-hybridized carbons (Fsp3) is 0.250. The van der Waals surface area contributed by atoms with Crippen molar-refractivity contribution in [3.05, 3.63) is 30.1 Å². The zero-order valence-corrected chi connectivity index (χ0v) is 8.38. The van der Waals surface area contributed by atoms with Crippen LogP contribution in [0.1, 0.15) is 5.56 Å². The second-order valence-corrected chi connectivity index (χ2v) is 4.51. The average molecular weight is 236 g/mol. The number of rotatable bonds is 4. The summed E-state index contributed by atoms with van der Waals surface area (Å²) >= 11 is 0. The van der Waals surface area contributed by atoms with Crippen molar-refractivity contribution in [1.82, 2.24) is 4.98 Å². The second kappa shape index (κ2) is 4.52. The number of hydrogen-bond donors (Lipinski definition) is 0. The molecule has 1 aromatic heterocycles. The molecule has 4 nitrogen and oxygen atoms in total. The minimum Gasteiger partial charge on any atom is -0.417 e. The molecule has 1 heterocycles. The quantitative estimate of drug-likeness (QED) is 0.792. The molecule has 83 valence electrons. The molecule has 1 rings (SSSR count). The summed E-state index contributed by atoms with van der Waals surface area (Å²) in [6.45, 7) is -3.04. The maximum Gasteiger partial charge on any atom is 0.388 e. The Kier molecular flexibility index (Phi) is 3.57. The van der Waals surface area contributed by atoms with Gasteiger partial charge in [0.25, 0.3) is 0 Å². The first-order valence-electron chi connectivity index (χ1n) is 3.83. The summed E-state index contributed by atoms with van der Waals surface area (Å²) in [5.74, 6) is -0.872. The highest BCUT2D eigenvalue weighted by molar-refractivity contribution is 7.91. The van der Waals surface area contributed by atoms with Crippen molar-refractivity contribution >= 4 is 9.84 Å². The third-order valence-corrected chi connectivity index (χ3v) is 2.18. The van der Waals surface area contributed by atoms with Gasteiger partial charge in [0.2, 0.25) is 5.88 Å². The summed E-state index contributed by atoms with van der Waals surface area (Å²) < 4.78 is 49.6. The van der Waals surface area contributed by atoms with Crippen LogP contribution in [0, 0.1) is 6.26 Å². The molecule has 0 aromatic carbocycles. The van der Waals surface area contributed by atoms with E-state index >= 15 is 0 Å². The molecule has 0 saturated carbocycles. The summed E-state index contributed by atoms with van der Waals surface area (Å²) in [4.78, 5) is 3.51. The van der Waals surface area contributed by atoms with Gasteiger partial charge in [-0.25, -0.2) is 13.4 Å². The van der Waals surface area contributed by atoms with Gasteiger partial charge in [-0.1, -0.05) is 6.07 Å². The van der Waals surface area contributed by atoms with Crippen LogP contribution in [-0.2, 0) is 15.6 Å². The molecule has 0 aliphatic rings. The molecule has 1 aromatic rings. The van der Waals surface area contributed by atoms with Crippen LogP contribution < -0.4 is 4.74 Å². The fourth-order valence-corrected chi connectivity index (χ4v) is 1.65. The third-order valence-electron chi connectivity index (χ3n) is 1.43. The lowest BCUT2D eigenvalue weighted by molar-refractivity contribution is -0.0533. The molecule has 15 heavy (non-hydrogen) atoms. The minimum absolute atomic E-state index is 0.0628. The van der Waals surface area contributed by atoms with Crippen LogP contribution in [0.4, 0.5) is 8.78 Å². The molecular weight excluding hydrogens is 228 g/mol. The van der Waals surface area contributed by atoms with Crippen LogP contribution in [0.25, 0.3) is 0 Å². The third kappa shape index (κ3) is 4.20. The van der Waals surface area contributed by atoms with E-state index in [1.54, 1.807) is 0 Å². The molecule has 0 fully saturated rings. The molecule has 0 amide bonds. The molecule has 0 saturated heterocycles. The summed E-state index contributed by atoms with van der Waals surface area (Å²) in [6.07, 6.45) is 4.12. The van der Waals surface area contributed by atoms with Gasteiger partial charge in [0, 0.05) is 11.8 Å². The highest BCUT2D eigenvalue weighted by Crippen LogP contribution is 2.19. The Morgan fingerprint density at radius 1 is 1.53 bits per heavy atom. The first-order chi connectivity index (χ1) is 6.88. The number of hydrogen-bond acceptors (Lipinski definition) is 4. The Morgan fingerprint density at radius 3 is 2.73 bits per heavy atom. The van der Waals surface area contributed by atoms with Crippen LogP contribution in [0.3, 0.4) is 0 Å². The number of alkyl halides is 2. The van der Waals surface area contributed by atoms with Crippen molar-refractivity contribution in [2.45, 2.75) is 12.4 Å². The number of halogens is 2. The highest BCUT2D eigenvalue weighted by atomic mass is 32.2. The molecule has 0 unspecified atom stereocenters. The van der Waals surface area contributed by atoms with Gasteiger partial charge in [-0.2, -0.15) is 8.78 Å². The summed E-state index contributed by atoms with van der Waals surface area (Å²) in [6, 6.07) is 2.77. The highest BCUT2D eigenvalue weighted by Gasteiger charge is 2.14. The zero-order valence-electron chi connectivity index (χ0n) is 7.56. The standard InChI is InChI=1S/C8H8F2NO3S/c1-15(12,13)5-6-3-2-4-11-7(6)14-8(9)10/h2-4,8H,1,5H2. The van der Waals surface area contributed by atoms with Crippen molar-refractivity contribution in [3.8, 4) is 5.88 Å². The minimum atomic E-state index is -3.55. The van der Waals surface area contributed by atoms with Gasteiger partial charge in [0.1, 0.15) is 0 Å². The van der Waals surface area contributed by atoms with Crippen LogP contribution >= 0.6 is 0 Å². The molecular formula is C8H8F2NO3S. The van der Waals surface area contributed by atoms with Gasteiger partial charge in [0.15, 0.2) is 9.84 Å². The Morgan fingerprint density at radius 2 is 2.20 bits per heavy atom. The number of nitrogens with zero attached hydrogens (tertiary/aromatic N) is 1. The van der Waals surface area contributed by atoms with Crippen molar-refractivity contribution in [2.24, 2.45) is 0 Å². The van der Waals surface area contributed by atoms with E-state index in [0.717, 1.165) is 0 Å². The van der Waals surface area contributed by atoms with Crippen LogP contribution in [0.15, 0.2) is 18.3 Å². The van der Waals surface area contributed by atoms with E-state index in [0.29, 0.717) is 0 Å². The van der Waals surface area contributed by atoms with Gasteiger partial charge in [-0.05, 0) is 6.07 Å². The number of pyridine rings is 1. The topological polar surface area (TPSA) is 56.3 Å². The predicted molar refractivity (Wildman–Crippen MR) is 48.8 cm³/mol. The first-order valence-corrected chi connectivity index (χ1v) is 5.65. The van der Waals surface area contributed by atoms with Gasteiger partial charge in [-0.15, -0.1) is 0 Å². The van der Waals surface area contributed by atoms with E-state index in [4.69, 9.17) is 0 Å².